The third kappa shape index (κ3) is 8.30. The summed E-state index contributed by atoms with van der Waals surface area (Å²) in [5.41, 5.74) is 1.59. The standard InChI is InChI=1S/C30H46O12/c1-16(8-9-17-11-21(37-2)29(41-6)22(12-17)38-3)19(25(33)27(35)28(36)26(34)20(32)15-31)10-18-13-23(39-4)30(42-7)24(14-18)40-5/h11-14,16,19-20,25-28,31-36H,8-10,15H2,1-7H3/t16?,19?,20-,25?,26+,27+,28-/m0/s1. The average Bonchev–Trinajstić information content (AvgIpc) is 3.02. The molecule has 0 aliphatic heterocycles. The fraction of sp³-hybridized carbons (Fsp3) is 0.600. The number of hydrogen-bond acceptors (Lipinski definition) is 12. The number of methoxy groups -OCH3 is 6. The van der Waals surface area contributed by atoms with E-state index in [4.69, 9.17) is 33.5 Å². The quantitative estimate of drug-likeness (QED) is 0.144. The van der Waals surface area contributed by atoms with Crippen LogP contribution in [0.4, 0.5) is 0 Å². The zero-order valence-electron chi connectivity index (χ0n) is 25.3. The molecule has 0 spiro atoms. The Labute approximate surface area is 247 Å². The van der Waals surface area contributed by atoms with E-state index in [-0.39, 0.29) is 12.3 Å². The van der Waals surface area contributed by atoms with Gasteiger partial charge < -0.3 is 59.1 Å². The summed E-state index contributed by atoms with van der Waals surface area (Å²) in [4.78, 5) is 0. The van der Waals surface area contributed by atoms with Gasteiger partial charge in [0.2, 0.25) is 11.5 Å². The van der Waals surface area contributed by atoms with Crippen molar-refractivity contribution < 1.29 is 59.1 Å². The Morgan fingerprint density at radius 1 is 0.571 bits per heavy atom. The van der Waals surface area contributed by atoms with Gasteiger partial charge in [0.15, 0.2) is 23.0 Å². The molecule has 238 valence electrons. The van der Waals surface area contributed by atoms with Gasteiger partial charge in [0.1, 0.15) is 24.4 Å². The molecule has 7 atom stereocenters. The number of aliphatic hydroxyl groups is 6. The first-order valence-corrected chi connectivity index (χ1v) is 13.6. The van der Waals surface area contributed by atoms with Gasteiger partial charge in [-0.25, -0.2) is 0 Å². The molecule has 0 amide bonds. The number of aryl methyl sites for hydroxylation is 1. The molecule has 6 N–H and O–H groups in total. The summed E-state index contributed by atoms with van der Waals surface area (Å²) in [5.74, 6) is 1.78. The molecule has 12 nitrogen and oxygen atoms in total. The minimum Gasteiger partial charge on any atom is -0.493 e. The Kier molecular flexibility index (Phi) is 13.9. The van der Waals surface area contributed by atoms with Crippen molar-refractivity contribution in [3.8, 4) is 34.5 Å². The lowest BCUT2D eigenvalue weighted by molar-refractivity contribution is -0.152. The van der Waals surface area contributed by atoms with Crippen LogP contribution in [0.3, 0.4) is 0 Å². The van der Waals surface area contributed by atoms with E-state index in [1.807, 2.05) is 19.1 Å². The number of hydrogen-bond donors (Lipinski definition) is 6. The van der Waals surface area contributed by atoms with Crippen LogP contribution in [-0.2, 0) is 12.8 Å². The maximum absolute atomic E-state index is 11.4. The fourth-order valence-electron chi connectivity index (χ4n) is 5.06. The molecule has 0 bridgehead atoms. The summed E-state index contributed by atoms with van der Waals surface area (Å²) in [5, 5.41) is 61.9. The number of rotatable bonds is 18. The average molecular weight is 599 g/mol. The Balaban J connectivity index is 2.44. The Morgan fingerprint density at radius 3 is 1.36 bits per heavy atom. The van der Waals surface area contributed by atoms with Crippen LogP contribution in [0, 0.1) is 11.8 Å². The van der Waals surface area contributed by atoms with Crippen LogP contribution in [0.1, 0.15) is 24.5 Å². The van der Waals surface area contributed by atoms with Crippen molar-refractivity contribution in [1.29, 1.82) is 0 Å². The first-order chi connectivity index (χ1) is 20.0. The lowest BCUT2D eigenvalue weighted by Crippen LogP contribution is -2.52. The number of aliphatic hydroxyl groups excluding tert-OH is 6. The molecule has 0 aliphatic rings. The maximum atomic E-state index is 11.4. The highest BCUT2D eigenvalue weighted by atomic mass is 16.5. The first-order valence-electron chi connectivity index (χ1n) is 13.6. The van der Waals surface area contributed by atoms with Crippen LogP contribution in [-0.4, -0.2) is 110 Å². The van der Waals surface area contributed by atoms with Gasteiger partial charge in [-0.05, 0) is 66.5 Å². The Hall–Kier alpha value is -3.00. The van der Waals surface area contributed by atoms with Crippen LogP contribution >= 0.6 is 0 Å². The van der Waals surface area contributed by atoms with E-state index in [1.54, 1.807) is 12.1 Å². The second-order valence-corrected chi connectivity index (χ2v) is 10.2. The maximum Gasteiger partial charge on any atom is 0.203 e. The first kappa shape index (κ1) is 35.2. The summed E-state index contributed by atoms with van der Waals surface area (Å²) in [6.45, 7) is 1.07. The van der Waals surface area contributed by atoms with Crippen LogP contribution in [0.25, 0.3) is 0 Å². The largest absolute Gasteiger partial charge is 0.493 e. The highest BCUT2D eigenvalue weighted by molar-refractivity contribution is 5.54. The normalized spacial score (nSPS) is 16.4. The van der Waals surface area contributed by atoms with Crippen LogP contribution in [0.15, 0.2) is 24.3 Å². The molecule has 0 heterocycles. The molecule has 42 heavy (non-hydrogen) atoms. The Morgan fingerprint density at radius 2 is 0.976 bits per heavy atom. The van der Waals surface area contributed by atoms with Gasteiger partial charge >= 0.3 is 0 Å². The van der Waals surface area contributed by atoms with E-state index in [9.17, 15) is 25.5 Å². The predicted octanol–water partition coefficient (Wildman–Crippen LogP) is 0.963. The SMILES string of the molecule is COc1cc(CCC(C)C(Cc2cc(OC)c(OC)c(OC)c2)C(O)[C@@H](O)[C@@H](O)[C@H](O)[C@@H](O)CO)cc(OC)c1OC. The lowest BCUT2D eigenvalue weighted by Gasteiger charge is -2.35. The second kappa shape index (κ2) is 16.6. The monoisotopic (exact) mass is 598 g/mol. The van der Waals surface area contributed by atoms with Gasteiger partial charge in [0.05, 0.1) is 55.4 Å². The molecule has 2 aromatic rings. The van der Waals surface area contributed by atoms with Gasteiger partial charge in [-0.2, -0.15) is 0 Å². The van der Waals surface area contributed by atoms with Crippen molar-refractivity contribution in [3.63, 3.8) is 0 Å². The molecular weight excluding hydrogens is 552 g/mol. The second-order valence-electron chi connectivity index (χ2n) is 10.2. The minimum absolute atomic E-state index is 0.219. The molecule has 0 saturated carbocycles. The Bertz CT molecular complexity index is 1060. The minimum atomic E-state index is -1.92. The van der Waals surface area contributed by atoms with E-state index >= 15 is 0 Å². The van der Waals surface area contributed by atoms with Gasteiger partial charge in [-0.15, -0.1) is 0 Å². The topological polar surface area (TPSA) is 177 Å². The molecule has 0 fully saturated rings. The molecule has 0 aliphatic carbocycles. The van der Waals surface area contributed by atoms with Crippen molar-refractivity contribution in [2.75, 3.05) is 49.3 Å². The summed E-state index contributed by atoms with van der Waals surface area (Å²) in [7, 11) is 9.04. The third-order valence-electron chi connectivity index (χ3n) is 7.61. The fourth-order valence-corrected chi connectivity index (χ4v) is 5.06. The van der Waals surface area contributed by atoms with Gasteiger partial charge in [-0.3, -0.25) is 0 Å². The van der Waals surface area contributed by atoms with Gasteiger partial charge in [-0.1, -0.05) is 6.92 Å². The molecule has 0 aromatic heterocycles. The van der Waals surface area contributed by atoms with Crippen molar-refractivity contribution in [3.05, 3.63) is 35.4 Å². The summed E-state index contributed by atoms with van der Waals surface area (Å²) in [6.07, 6.45) is -7.57. The third-order valence-corrected chi connectivity index (χ3v) is 7.61. The van der Waals surface area contributed by atoms with Crippen molar-refractivity contribution in [2.24, 2.45) is 11.8 Å². The van der Waals surface area contributed by atoms with Crippen LogP contribution in [0.2, 0.25) is 0 Å². The lowest BCUT2D eigenvalue weighted by atomic mass is 9.77. The summed E-state index contributed by atoms with van der Waals surface area (Å²) >= 11 is 0. The van der Waals surface area contributed by atoms with Crippen LogP contribution in [0.5, 0.6) is 34.5 Å². The number of ether oxygens (including phenoxy) is 6. The van der Waals surface area contributed by atoms with Crippen molar-refractivity contribution >= 4 is 0 Å². The molecule has 0 radical (unpaired) electrons. The highest BCUT2D eigenvalue weighted by Gasteiger charge is 2.39. The zero-order chi connectivity index (χ0) is 31.6. The summed E-state index contributed by atoms with van der Waals surface area (Å²) in [6, 6.07) is 7.15. The van der Waals surface area contributed by atoms with E-state index in [2.05, 4.69) is 0 Å². The number of benzene rings is 2. The van der Waals surface area contributed by atoms with Crippen molar-refractivity contribution in [1.82, 2.24) is 0 Å². The molecule has 3 unspecified atom stereocenters. The molecule has 12 heteroatoms. The molecular formula is C30H46O12. The smallest absolute Gasteiger partial charge is 0.203 e. The van der Waals surface area contributed by atoms with Gasteiger partial charge in [0.25, 0.3) is 0 Å². The zero-order valence-corrected chi connectivity index (χ0v) is 25.3. The highest BCUT2D eigenvalue weighted by Crippen LogP contribution is 2.41. The summed E-state index contributed by atoms with van der Waals surface area (Å²) < 4.78 is 32.7. The van der Waals surface area contributed by atoms with Gasteiger partial charge in [0, 0.05) is 0 Å². The van der Waals surface area contributed by atoms with E-state index in [0.717, 1.165) is 5.56 Å². The van der Waals surface area contributed by atoms with E-state index in [0.29, 0.717) is 52.9 Å². The van der Waals surface area contributed by atoms with Crippen LogP contribution < -0.4 is 28.4 Å². The molecule has 0 saturated heterocycles. The van der Waals surface area contributed by atoms with E-state index < -0.39 is 43.0 Å². The van der Waals surface area contributed by atoms with Crippen molar-refractivity contribution in [2.45, 2.75) is 56.7 Å². The molecule has 2 aromatic carbocycles. The molecule has 2 rings (SSSR count). The van der Waals surface area contributed by atoms with E-state index in [1.165, 1.54) is 42.7 Å². The predicted molar refractivity (Wildman–Crippen MR) is 154 cm³/mol.